The van der Waals surface area contributed by atoms with E-state index in [2.05, 4.69) is 10.5 Å². The minimum Gasteiger partial charge on any atom is -0.388 e. The summed E-state index contributed by atoms with van der Waals surface area (Å²) in [5.74, 6) is -0.378. The first-order valence-corrected chi connectivity index (χ1v) is 9.23. The van der Waals surface area contributed by atoms with E-state index in [9.17, 15) is 9.18 Å². The number of hydrogen-bond donors (Lipinski definition) is 1. The summed E-state index contributed by atoms with van der Waals surface area (Å²) in [5.41, 5.74) is 2.00. The van der Waals surface area contributed by atoms with Gasteiger partial charge >= 0.3 is 6.03 Å². The number of nitrogens with zero attached hydrogens (tertiary/aromatic N) is 2. The number of hydrogen-bond acceptors (Lipinski definition) is 3. The van der Waals surface area contributed by atoms with Crippen LogP contribution in [0.2, 0.25) is 5.02 Å². The van der Waals surface area contributed by atoms with Gasteiger partial charge in [-0.1, -0.05) is 35.0 Å². The molecule has 4 rings (SSSR count). The number of urea groups is 1. The lowest BCUT2D eigenvalue weighted by molar-refractivity contribution is -0.0544. The molecule has 5 nitrogen and oxygen atoms in total. The number of rotatable bonds is 2. The maximum Gasteiger partial charge on any atom is 0.321 e. The molecule has 2 aliphatic rings. The minimum atomic E-state index is -0.378. The van der Waals surface area contributed by atoms with Crippen LogP contribution in [-0.4, -0.2) is 35.3 Å². The van der Waals surface area contributed by atoms with Gasteiger partial charge in [-0.3, -0.25) is 0 Å². The molecule has 0 atom stereocenters. The molecule has 2 heterocycles. The molecule has 1 saturated heterocycles. The van der Waals surface area contributed by atoms with Crippen molar-refractivity contribution < 1.29 is 14.0 Å². The summed E-state index contributed by atoms with van der Waals surface area (Å²) in [5, 5.41) is 7.69. The van der Waals surface area contributed by atoms with Gasteiger partial charge < -0.3 is 15.1 Å². The first-order valence-electron chi connectivity index (χ1n) is 8.86. The standard InChI is InChI=1S/C20H19ClFN3O2/c21-15-6-4-14(5-7-15)18-13-20(27-24-18)8-10-25(11-9-20)19(26)23-17-3-1-2-16(22)12-17/h1-7,12H,8-11,13H2,(H,23,26). The minimum absolute atomic E-state index is 0.229. The number of piperidine rings is 1. The molecule has 0 bridgehead atoms. The van der Waals surface area contributed by atoms with Gasteiger partial charge in [-0.15, -0.1) is 0 Å². The predicted octanol–water partition coefficient (Wildman–Crippen LogP) is 4.67. The molecule has 2 aromatic rings. The van der Waals surface area contributed by atoms with E-state index in [0.717, 1.165) is 11.3 Å². The van der Waals surface area contributed by atoms with E-state index in [1.54, 1.807) is 17.0 Å². The number of carbonyl (C=O) groups is 1. The van der Waals surface area contributed by atoms with E-state index < -0.39 is 0 Å². The fourth-order valence-electron chi connectivity index (χ4n) is 3.47. The largest absolute Gasteiger partial charge is 0.388 e. The molecule has 140 valence electrons. The number of likely N-dealkylation sites (tertiary alicyclic amines) is 1. The number of benzene rings is 2. The number of anilines is 1. The lowest BCUT2D eigenvalue weighted by atomic mass is 9.85. The molecule has 1 N–H and O–H groups in total. The molecular weight excluding hydrogens is 369 g/mol. The Kier molecular flexibility index (Phi) is 4.74. The predicted molar refractivity (Wildman–Crippen MR) is 103 cm³/mol. The van der Waals surface area contributed by atoms with Crippen LogP contribution in [-0.2, 0) is 4.84 Å². The Labute approximate surface area is 161 Å². The lowest BCUT2D eigenvalue weighted by Gasteiger charge is -2.37. The number of nitrogens with one attached hydrogen (secondary N) is 1. The smallest absolute Gasteiger partial charge is 0.321 e. The molecule has 7 heteroatoms. The van der Waals surface area contributed by atoms with E-state index in [1.807, 2.05) is 24.3 Å². The van der Waals surface area contributed by atoms with Gasteiger partial charge in [-0.05, 0) is 35.9 Å². The van der Waals surface area contributed by atoms with Crippen molar-refractivity contribution in [3.63, 3.8) is 0 Å². The van der Waals surface area contributed by atoms with Gasteiger partial charge in [-0.25, -0.2) is 9.18 Å². The van der Waals surface area contributed by atoms with Gasteiger partial charge in [0.05, 0.1) is 5.71 Å². The van der Waals surface area contributed by atoms with Crippen LogP contribution in [0.4, 0.5) is 14.9 Å². The van der Waals surface area contributed by atoms with Crippen molar-refractivity contribution in [2.24, 2.45) is 5.16 Å². The quantitative estimate of drug-likeness (QED) is 0.814. The molecule has 2 amide bonds. The molecule has 2 aliphatic heterocycles. The summed E-state index contributed by atoms with van der Waals surface area (Å²) in [6.45, 7) is 1.12. The summed E-state index contributed by atoms with van der Waals surface area (Å²) in [6, 6.07) is 13.2. The third-order valence-electron chi connectivity index (χ3n) is 5.05. The Morgan fingerprint density at radius 3 is 2.63 bits per heavy atom. The molecule has 1 fully saturated rings. The second-order valence-corrected chi connectivity index (χ2v) is 7.36. The van der Waals surface area contributed by atoms with E-state index in [0.29, 0.717) is 43.1 Å². The van der Waals surface area contributed by atoms with Gasteiger partial charge in [0.25, 0.3) is 0 Å². The Morgan fingerprint density at radius 2 is 1.93 bits per heavy atom. The topological polar surface area (TPSA) is 53.9 Å². The van der Waals surface area contributed by atoms with Crippen molar-refractivity contribution in [3.8, 4) is 0 Å². The van der Waals surface area contributed by atoms with Crippen LogP contribution in [0.1, 0.15) is 24.8 Å². The Hall–Kier alpha value is -2.60. The first-order chi connectivity index (χ1) is 13.0. The molecule has 0 unspecified atom stereocenters. The second-order valence-electron chi connectivity index (χ2n) is 6.92. The normalized spacial score (nSPS) is 18.1. The van der Waals surface area contributed by atoms with Crippen molar-refractivity contribution in [1.29, 1.82) is 0 Å². The molecule has 0 aliphatic carbocycles. The third kappa shape index (κ3) is 3.90. The van der Waals surface area contributed by atoms with Gasteiger partial charge in [0.15, 0.2) is 0 Å². The highest BCUT2D eigenvalue weighted by atomic mass is 35.5. The lowest BCUT2D eigenvalue weighted by Crippen LogP contribution is -2.48. The maximum absolute atomic E-state index is 13.3. The van der Waals surface area contributed by atoms with Crippen molar-refractivity contribution in [2.75, 3.05) is 18.4 Å². The summed E-state index contributed by atoms with van der Waals surface area (Å²) in [7, 11) is 0. The van der Waals surface area contributed by atoms with Gasteiger partial charge in [0.1, 0.15) is 11.4 Å². The molecule has 2 aromatic carbocycles. The molecular formula is C20H19ClFN3O2. The highest BCUT2D eigenvalue weighted by Gasteiger charge is 2.43. The Morgan fingerprint density at radius 1 is 1.19 bits per heavy atom. The summed E-state index contributed by atoms with van der Waals surface area (Å²) in [6.07, 6.45) is 2.11. The van der Waals surface area contributed by atoms with Crippen LogP contribution in [0.3, 0.4) is 0 Å². The highest BCUT2D eigenvalue weighted by Crippen LogP contribution is 2.36. The SMILES string of the molecule is O=C(Nc1cccc(F)c1)N1CCC2(CC1)CC(c1ccc(Cl)cc1)=NO2. The van der Waals surface area contributed by atoms with Crippen LogP contribution in [0, 0.1) is 5.82 Å². The van der Waals surface area contributed by atoms with Crippen molar-refractivity contribution >= 4 is 29.0 Å². The third-order valence-corrected chi connectivity index (χ3v) is 5.31. The first kappa shape index (κ1) is 17.8. The number of carbonyl (C=O) groups excluding carboxylic acids is 1. The van der Waals surface area contributed by atoms with Crippen LogP contribution in [0.15, 0.2) is 53.7 Å². The maximum atomic E-state index is 13.3. The van der Waals surface area contributed by atoms with Gasteiger partial charge in [-0.2, -0.15) is 0 Å². The Bertz CT molecular complexity index is 877. The zero-order valence-corrected chi connectivity index (χ0v) is 15.4. The zero-order valence-electron chi connectivity index (χ0n) is 14.6. The van der Waals surface area contributed by atoms with Crippen LogP contribution in [0.25, 0.3) is 0 Å². The zero-order chi connectivity index (χ0) is 18.9. The van der Waals surface area contributed by atoms with Crippen LogP contribution < -0.4 is 5.32 Å². The number of halogens is 2. The molecule has 0 radical (unpaired) electrons. The van der Waals surface area contributed by atoms with Crippen molar-refractivity contribution in [2.45, 2.75) is 24.9 Å². The van der Waals surface area contributed by atoms with E-state index in [4.69, 9.17) is 16.4 Å². The van der Waals surface area contributed by atoms with Gasteiger partial charge in [0, 0.05) is 43.1 Å². The molecule has 27 heavy (non-hydrogen) atoms. The van der Waals surface area contributed by atoms with Crippen LogP contribution in [0.5, 0.6) is 0 Å². The number of oxime groups is 1. The second kappa shape index (κ2) is 7.19. The fraction of sp³-hybridized carbons (Fsp3) is 0.300. The fourth-order valence-corrected chi connectivity index (χ4v) is 3.60. The highest BCUT2D eigenvalue weighted by molar-refractivity contribution is 6.30. The monoisotopic (exact) mass is 387 g/mol. The average Bonchev–Trinajstić information content (AvgIpc) is 3.06. The van der Waals surface area contributed by atoms with Crippen LogP contribution >= 0.6 is 11.6 Å². The van der Waals surface area contributed by atoms with E-state index in [1.165, 1.54) is 12.1 Å². The average molecular weight is 388 g/mol. The molecule has 0 aromatic heterocycles. The molecule has 0 saturated carbocycles. The molecule has 1 spiro atoms. The summed E-state index contributed by atoms with van der Waals surface area (Å²) < 4.78 is 13.3. The Balaban J connectivity index is 1.34. The number of amides is 2. The summed E-state index contributed by atoms with van der Waals surface area (Å²) >= 11 is 5.94. The van der Waals surface area contributed by atoms with Gasteiger partial charge in [0.2, 0.25) is 0 Å². The summed E-state index contributed by atoms with van der Waals surface area (Å²) in [4.78, 5) is 19.9. The van der Waals surface area contributed by atoms with E-state index >= 15 is 0 Å². The van der Waals surface area contributed by atoms with Crippen molar-refractivity contribution in [1.82, 2.24) is 4.90 Å². The van der Waals surface area contributed by atoms with E-state index in [-0.39, 0.29) is 17.4 Å². The van der Waals surface area contributed by atoms with Crippen molar-refractivity contribution in [3.05, 3.63) is 64.9 Å².